The molecule has 0 aliphatic rings. The number of hydrogen-bond acceptors (Lipinski definition) is 4. The zero-order valence-corrected chi connectivity index (χ0v) is 13.3. The molecule has 2 aromatic carbocycles. The summed E-state index contributed by atoms with van der Waals surface area (Å²) in [4.78, 5) is 0.115. The average molecular weight is 328 g/mol. The van der Waals surface area contributed by atoms with E-state index >= 15 is 0 Å². The second kappa shape index (κ2) is 5.77. The maximum Gasteiger partial charge on any atom is 0.262 e. The molecular weight excluding hydrogens is 312 g/mol. The number of nitrogens with two attached hydrogens (primary N) is 1. The van der Waals surface area contributed by atoms with Gasteiger partial charge < -0.3 is 5.73 Å². The first kappa shape index (κ1) is 15.1. The average Bonchev–Trinajstić information content (AvgIpc) is 2.89. The van der Waals surface area contributed by atoms with Crippen LogP contribution < -0.4 is 10.5 Å². The Balaban J connectivity index is 1.93. The second-order valence-corrected chi connectivity index (χ2v) is 6.77. The van der Waals surface area contributed by atoms with Gasteiger partial charge in [0, 0.05) is 5.69 Å². The molecule has 118 valence electrons. The van der Waals surface area contributed by atoms with Crippen LogP contribution in [0.3, 0.4) is 0 Å². The molecule has 0 atom stereocenters. The van der Waals surface area contributed by atoms with Crippen molar-refractivity contribution in [2.24, 2.45) is 0 Å². The Hall–Kier alpha value is -2.80. The van der Waals surface area contributed by atoms with E-state index in [0.717, 1.165) is 5.69 Å². The van der Waals surface area contributed by atoms with Crippen LogP contribution in [0.1, 0.15) is 5.69 Å². The molecule has 0 fully saturated rings. The van der Waals surface area contributed by atoms with E-state index in [9.17, 15) is 8.42 Å². The Kier molecular flexibility index (Phi) is 3.79. The Labute approximate surface area is 134 Å². The largest absolute Gasteiger partial charge is 0.399 e. The summed E-state index contributed by atoms with van der Waals surface area (Å²) < 4.78 is 29.1. The molecule has 1 heterocycles. The van der Waals surface area contributed by atoms with E-state index in [0.29, 0.717) is 17.1 Å². The van der Waals surface area contributed by atoms with E-state index in [1.54, 1.807) is 29.9 Å². The SMILES string of the molecule is Cc1nn(-c2ccccc2)cc1NS(=O)(=O)c1cccc(N)c1. The molecule has 1 aromatic heterocycles. The predicted octanol–water partition coefficient (Wildman–Crippen LogP) is 2.56. The molecule has 0 aliphatic heterocycles. The van der Waals surface area contributed by atoms with E-state index in [2.05, 4.69) is 9.82 Å². The summed E-state index contributed by atoms with van der Waals surface area (Å²) in [5.74, 6) is 0. The zero-order chi connectivity index (χ0) is 16.4. The van der Waals surface area contributed by atoms with Gasteiger partial charge in [-0.3, -0.25) is 4.72 Å². The van der Waals surface area contributed by atoms with Crippen LogP contribution in [-0.2, 0) is 10.0 Å². The number of nitrogens with one attached hydrogen (secondary N) is 1. The summed E-state index contributed by atoms with van der Waals surface area (Å²) in [7, 11) is -3.71. The smallest absolute Gasteiger partial charge is 0.262 e. The lowest BCUT2D eigenvalue weighted by atomic mass is 10.3. The molecule has 0 aliphatic carbocycles. The summed E-state index contributed by atoms with van der Waals surface area (Å²) in [5, 5.41) is 4.34. The zero-order valence-electron chi connectivity index (χ0n) is 12.5. The summed E-state index contributed by atoms with van der Waals surface area (Å²) in [6.45, 7) is 1.75. The van der Waals surface area contributed by atoms with Crippen LogP contribution in [0.25, 0.3) is 5.69 Å². The molecule has 0 saturated carbocycles. The van der Waals surface area contributed by atoms with Crippen molar-refractivity contribution in [3.8, 4) is 5.69 Å². The second-order valence-electron chi connectivity index (χ2n) is 5.09. The van der Waals surface area contributed by atoms with E-state index < -0.39 is 10.0 Å². The first-order chi connectivity index (χ1) is 11.0. The number of nitrogen functional groups attached to an aromatic ring is 1. The Morgan fingerprint density at radius 2 is 1.83 bits per heavy atom. The van der Waals surface area contributed by atoms with Gasteiger partial charge in [-0.1, -0.05) is 24.3 Å². The van der Waals surface area contributed by atoms with Gasteiger partial charge in [0.05, 0.1) is 28.2 Å². The monoisotopic (exact) mass is 328 g/mol. The normalized spacial score (nSPS) is 11.3. The van der Waals surface area contributed by atoms with Crippen molar-refractivity contribution in [2.45, 2.75) is 11.8 Å². The van der Waals surface area contributed by atoms with Crippen LogP contribution in [0.15, 0.2) is 65.7 Å². The molecular formula is C16H16N4O2S. The minimum atomic E-state index is -3.71. The number of para-hydroxylation sites is 1. The van der Waals surface area contributed by atoms with Gasteiger partial charge in [-0.25, -0.2) is 13.1 Å². The van der Waals surface area contributed by atoms with Crippen LogP contribution in [-0.4, -0.2) is 18.2 Å². The van der Waals surface area contributed by atoms with Gasteiger partial charge in [0.2, 0.25) is 0 Å². The predicted molar refractivity (Wildman–Crippen MR) is 90.0 cm³/mol. The molecule has 0 radical (unpaired) electrons. The first-order valence-electron chi connectivity index (χ1n) is 6.96. The van der Waals surface area contributed by atoms with Crippen LogP contribution in [0.5, 0.6) is 0 Å². The molecule has 3 aromatic rings. The molecule has 3 rings (SSSR count). The van der Waals surface area contributed by atoms with E-state index in [4.69, 9.17) is 5.73 Å². The van der Waals surface area contributed by atoms with Gasteiger partial charge >= 0.3 is 0 Å². The molecule has 0 amide bonds. The highest BCUT2D eigenvalue weighted by Gasteiger charge is 2.17. The molecule has 0 unspecified atom stereocenters. The highest BCUT2D eigenvalue weighted by molar-refractivity contribution is 7.92. The molecule has 0 bridgehead atoms. The highest BCUT2D eigenvalue weighted by atomic mass is 32.2. The number of anilines is 2. The van der Waals surface area contributed by atoms with Gasteiger partial charge in [-0.05, 0) is 37.3 Å². The van der Waals surface area contributed by atoms with Crippen LogP contribution >= 0.6 is 0 Å². The van der Waals surface area contributed by atoms with Gasteiger partial charge in [0.25, 0.3) is 10.0 Å². The van der Waals surface area contributed by atoms with Crippen molar-refractivity contribution in [3.63, 3.8) is 0 Å². The van der Waals surface area contributed by atoms with Crippen LogP contribution in [0.4, 0.5) is 11.4 Å². The van der Waals surface area contributed by atoms with Crippen molar-refractivity contribution in [2.75, 3.05) is 10.5 Å². The quantitative estimate of drug-likeness (QED) is 0.720. The fourth-order valence-electron chi connectivity index (χ4n) is 2.16. The first-order valence-corrected chi connectivity index (χ1v) is 8.44. The van der Waals surface area contributed by atoms with Crippen LogP contribution in [0.2, 0.25) is 0 Å². The number of aromatic nitrogens is 2. The summed E-state index contributed by atoms with van der Waals surface area (Å²) in [6.07, 6.45) is 1.65. The minimum Gasteiger partial charge on any atom is -0.399 e. The number of benzene rings is 2. The topological polar surface area (TPSA) is 90.0 Å². The Morgan fingerprint density at radius 3 is 2.52 bits per heavy atom. The van der Waals surface area contributed by atoms with Gasteiger partial charge in [-0.2, -0.15) is 5.10 Å². The fourth-order valence-corrected chi connectivity index (χ4v) is 3.32. The number of sulfonamides is 1. The lowest BCUT2D eigenvalue weighted by molar-refractivity contribution is 0.601. The van der Waals surface area contributed by atoms with E-state index in [1.165, 1.54) is 12.1 Å². The van der Waals surface area contributed by atoms with E-state index in [-0.39, 0.29) is 4.90 Å². The van der Waals surface area contributed by atoms with Crippen molar-refractivity contribution >= 4 is 21.4 Å². The third kappa shape index (κ3) is 3.19. The fraction of sp³-hybridized carbons (Fsp3) is 0.0625. The highest BCUT2D eigenvalue weighted by Crippen LogP contribution is 2.21. The molecule has 0 spiro atoms. The van der Waals surface area contributed by atoms with Crippen molar-refractivity contribution in [3.05, 3.63) is 66.5 Å². The number of hydrogen-bond donors (Lipinski definition) is 2. The van der Waals surface area contributed by atoms with Gasteiger partial charge in [0.15, 0.2) is 0 Å². The third-order valence-corrected chi connectivity index (χ3v) is 4.70. The van der Waals surface area contributed by atoms with Crippen molar-refractivity contribution in [1.29, 1.82) is 0 Å². The lowest BCUT2D eigenvalue weighted by Crippen LogP contribution is -2.13. The number of aryl methyl sites for hydroxylation is 1. The summed E-state index contributed by atoms with van der Waals surface area (Å²) >= 11 is 0. The summed E-state index contributed by atoms with van der Waals surface area (Å²) in [5.41, 5.74) is 7.91. The maximum atomic E-state index is 12.4. The maximum absolute atomic E-state index is 12.4. The molecule has 3 N–H and O–H groups in total. The minimum absolute atomic E-state index is 0.115. The van der Waals surface area contributed by atoms with Crippen molar-refractivity contribution < 1.29 is 8.42 Å². The Morgan fingerprint density at radius 1 is 1.09 bits per heavy atom. The van der Waals surface area contributed by atoms with Crippen LogP contribution in [0, 0.1) is 6.92 Å². The Bertz CT molecular complexity index is 934. The third-order valence-electron chi connectivity index (χ3n) is 3.33. The molecule has 7 heteroatoms. The van der Waals surface area contributed by atoms with Crippen molar-refractivity contribution in [1.82, 2.24) is 9.78 Å². The van der Waals surface area contributed by atoms with Gasteiger partial charge in [-0.15, -0.1) is 0 Å². The van der Waals surface area contributed by atoms with E-state index in [1.807, 2.05) is 30.3 Å². The lowest BCUT2D eigenvalue weighted by Gasteiger charge is -2.07. The molecule has 0 saturated heterocycles. The summed E-state index contributed by atoms with van der Waals surface area (Å²) in [6, 6.07) is 15.6. The molecule has 23 heavy (non-hydrogen) atoms. The van der Waals surface area contributed by atoms with Gasteiger partial charge in [0.1, 0.15) is 0 Å². The molecule has 6 nitrogen and oxygen atoms in total. The standard InChI is InChI=1S/C16H16N4O2S/c1-12-16(11-20(18-12)14-7-3-2-4-8-14)19-23(21,22)15-9-5-6-13(17)10-15/h2-11,19H,17H2,1H3. The number of rotatable bonds is 4. The number of nitrogens with zero attached hydrogens (tertiary/aromatic N) is 2.